The van der Waals surface area contributed by atoms with Crippen molar-refractivity contribution in [1.82, 2.24) is 15.0 Å². The van der Waals surface area contributed by atoms with Gasteiger partial charge in [-0.1, -0.05) is 46.8 Å². The highest BCUT2D eigenvalue weighted by Crippen LogP contribution is 2.18. The fourth-order valence-corrected chi connectivity index (χ4v) is 1.61. The number of aromatic nitrogens is 3. The summed E-state index contributed by atoms with van der Waals surface area (Å²) in [7, 11) is 0. The summed E-state index contributed by atoms with van der Waals surface area (Å²) in [6.07, 6.45) is 2.84. The molecule has 0 saturated carbocycles. The third kappa shape index (κ3) is 6.28. The fourth-order valence-electron chi connectivity index (χ4n) is 1.61. The van der Waals surface area contributed by atoms with Crippen molar-refractivity contribution in [3.05, 3.63) is 11.9 Å². The first-order valence-corrected chi connectivity index (χ1v) is 7.08. The molecule has 5 nitrogen and oxygen atoms in total. The van der Waals surface area contributed by atoms with Gasteiger partial charge in [-0.15, -0.1) is 5.10 Å². The summed E-state index contributed by atoms with van der Waals surface area (Å²) in [6.45, 7) is 13.5. The second kappa shape index (κ2) is 6.48. The average Bonchev–Trinajstić information content (AvgIpc) is 2.67. The predicted molar refractivity (Wildman–Crippen MR) is 78.5 cm³/mol. The molecule has 0 amide bonds. The number of carbonyl (C=O) groups is 1. The Kier molecular flexibility index (Phi) is 5.45. The van der Waals surface area contributed by atoms with E-state index in [-0.39, 0.29) is 23.2 Å². The van der Waals surface area contributed by atoms with E-state index in [9.17, 15) is 4.79 Å². The van der Waals surface area contributed by atoms with Gasteiger partial charge in [0.1, 0.15) is 6.61 Å². The van der Waals surface area contributed by atoms with Crippen LogP contribution < -0.4 is 0 Å². The van der Waals surface area contributed by atoms with Crippen molar-refractivity contribution < 1.29 is 9.53 Å². The summed E-state index contributed by atoms with van der Waals surface area (Å²) in [4.78, 5) is 11.7. The topological polar surface area (TPSA) is 57.0 Å². The lowest BCUT2D eigenvalue weighted by Crippen LogP contribution is -2.25. The van der Waals surface area contributed by atoms with Crippen LogP contribution in [0.2, 0.25) is 0 Å². The Bertz CT molecular complexity index is 439. The third-order valence-electron chi connectivity index (χ3n) is 2.83. The number of ketones is 1. The minimum Gasteiger partial charge on any atom is -0.372 e. The molecular weight excluding hydrogens is 254 g/mol. The molecule has 0 aliphatic rings. The molecule has 5 heteroatoms. The number of nitrogens with zero attached hydrogens (tertiary/aromatic N) is 3. The number of rotatable bonds is 6. The van der Waals surface area contributed by atoms with Crippen LogP contribution in [0.5, 0.6) is 0 Å². The molecule has 0 atom stereocenters. The summed E-state index contributed by atoms with van der Waals surface area (Å²) >= 11 is 0. The second-order valence-electron chi connectivity index (χ2n) is 7.44. The lowest BCUT2D eigenvalue weighted by atomic mass is 9.91. The number of hydrogen-bond donors (Lipinski definition) is 0. The molecule has 1 aromatic heterocycles. The Balaban J connectivity index is 2.31. The molecule has 20 heavy (non-hydrogen) atoms. The predicted octanol–water partition coefficient (Wildman–Crippen LogP) is 2.50. The highest BCUT2D eigenvalue weighted by molar-refractivity contribution is 5.84. The van der Waals surface area contributed by atoms with Crippen LogP contribution in [-0.2, 0) is 22.5 Å². The molecule has 1 heterocycles. The van der Waals surface area contributed by atoms with Crippen molar-refractivity contribution >= 4 is 5.78 Å². The Hall–Kier alpha value is -1.23. The first-order valence-electron chi connectivity index (χ1n) is 7.08. The van der Waals surface area contributed by atoms with Gasteiger partial charge < -0.3 is 4.74 Å². The Morgan fingerprint density at radius 2 is 1.90 bits per heavy atom. The van der Waals surface area contributed by atoms with E-state index in [1.165, 1.54) is 0 Å². The quantitative estimate of drug-likeness (QED) is 0.752. The van der Waals surface area contributed by atoms with E-state index in [1.54, 1.807) is 4.68 Å². The average molecular weight is 281 g/mol. The highest BCUT2D eigenvalue weighted by atomic mass is 16.5. The van der Waals surface area contributed by atoms with Gasteiger partial charge in [0.25, 0.3) is 0 Å². The van der Waals surface area contributed by atoms with Gasteiger partial charge in [0.15, 0.2) is 5.78 Å². The Morgan fingerprint density at radius 1 is 1.25 bits per heavy atom. The zero-order chi connectivity index (χ0) is 15.4. The number of hydrogen-bond acceptors (Lipinski definition) is 4. The molecule has 114 valence electrons. The maximum Gasteiger partial charge on any atom is 0.163 e. The number of ether oxygens (including phenoxy) is 1. The monoisotopic (exact) mass is 281 g/mol. The molecule has 0 aliphatic heterocycles. The van der Waals surface area contributed by atoms with Gasteiger partial charge >= 0.3 is 0 Å². The second-order valence-corrected chi connectivity index (χ2v) is 7.44. The van der Waals surface area contributed by atoms with E-state index >= 15 is 0 Å². The molecule has 0 radical (unpaired) electrons. The van der Waals surface area contributed by atoms with Crippen LogP contribution in [0, 0.1) is 10.8 Å². The summed E-state index contributed by atoms with van der Waals surface area (Å²) in [5, 5.41) is 8.21. The van der Waals surface area contributed by atoms with Crippen LogP contribution >= 0.6 is 0 Å². The molecule has 0 bridgehead atoms. The van der Waals surface area contributed by atoms with Crippen molar-refractivity contribution in [1.29, 1.82) is 0 Å². The van der Waals surface area contributed by atoms with E-state index in [0.29, 0.717) is 13.2 Å². The molecule has 0 N–H and O–H groups in total. The maximum atomic E-state index is 11.7. The van der Waals surface area contributed by atoms with E-state index in [4.69, 9.17) is 4.74 Å². The summed E-state index contributed by atoms with van der Waals surface area (Å²) in [5.74, 6) is 0.115. The van der Waals surface area contributed by atoms with E-state index in [2.05, 4.69) is 31.1 Å². The van der Waals surface area contributed by atoms with Crippen LogP contribution in [0.4, 0.5) is 0 Å². The van der Waals surface area contributed by atoms with Gasteiger partial charge in [-0.2, -0.15) is 0 Å². The minimum absolute atomic E-state index is 0.115. The molecule has 0 aliphatic carbocycles. The third-order valence-corrected chi connectivity index (χ3v) is 2.83. The molecule has 0 aromatic carbocycles. The highest BCUT2D eigenvalue weighted by Gasteiger charge is 2.20. The van der Waals surface area contributed by atoms with Crippen LogP contribution in [0.15, 0.2) is 6.20 Å². The van der Waals surface area contributed by atoms with E-state index in [0.717, 1.165) is 12.1 Å². The number of carbonyl (C=O) groups excluding carboxylic acids is 1. The Morgan fingerprint density at radius 3 is 2.45 bits per heavy atom. The van der Waals surface area contributed by atoms with Crippen molar-refractivity contribution in [2.75, 3.05) is 13.2 Å². The Labute approximate surface area is 121 Å². The smallest absolute Gasteiger partial charge is 0.163 e. The lowest BCUT2D eigenvalue weighted by Gasteiger charge is -2.16. The molecule has 0 fully saturated rings. The van der Waals surface area contributed by atoms with Crippen LogP contribution in [0.1, 0.15) is 47.2 Å². The van der Waals surface area contributed by atoms with Gasteiger partial charge in [-0.3, -0.25) is 4.79 Å². The van der Waals surface area contributed by atoms with E-state index < -0.39 is 0 Å². The molecular formula is C15H27N3O2. The zero-order valence-electron chi connectivity index (χ0n) is 13.6. The normalized spacial score (nSPS) is 12.7. The van der Waals surface area contributed by atoms with Gasteiger partial charge in [0.2, 0.25) is 0 Å². The van der Waals surface area contributed by atoms with Crippen LogP contribution in [0.25, 0.3) is 0 Å². The van der Waals surface area contributed by atoms with E-state index in [1.807, 2.05) is 27.0 Å². The van der Waals surface area contributed by atoms with Gasteiger partial charge in [0, 0.05) is 11.6 Å². The first kappa shape index (κ1) is 16.8. The SMILES string of the molecule is CC(C)(C)Cc1cn(CCOCC(=O)C(C)(C)C)nn1. The van der Waals surface area contributed by atoms with Crippen LogP contribution in [0.3, 0.4) is 0 Å². The van der Waals surface area contributed by atoms with Crippen molar-refractivity contribution in [3.63, 3.8) is 0 Å². The molecule has 0 unspecified atom stereocenters. The largest absolute Gasteiger partial charge is 0.372 e. The standard InChI is InChI=1S/C15H27N3O2/c1-14(2,3)9-12-10-18(17-16-12)7-8-20-11-13(19)15(4,5)6/h10H,7-9,11H2,1-6H3. The first-order chi connectivity index (χ1) is 9.08. The number of Topliss-reactive ketones (excluding diaryl/α,β-unsaturated/α-hetero) is 1. The summed E-state index contributed by atoms with van der Waals surface area (Å²) in [5.41, 5.74) is 0.854. The summed E-state index contributed by atoms with van der Waals surface area (Å²) < 4.78 is 7.16. The van der Waals surface area contributed by atoms with Gasteiger partial charge in [0.05, 0.1) is 18.8 Å². The molecule has 1 rings (SSSR count). The maximum absolute atomic E-state index is 11.7. The van der Waals surface area contributed by atoms with Gasteiger partial charge in [-0.05, 0) is 11.8 Å². The van der Waals surface area contributed by atoms with Crippen molar-refractivity contribution in [2.24, 2.45) is 10.8 Å². The molecule has 0 saturated heterocycles. The zero-order valence-corrected chi connectivity index (χ0v) is 13.6. The fraction of sp³-hybridized carbons (Fsp3) is 0.800. The minimum atomic E-state index is -0.340. The lowest BCUT2D eigenvalue weighted by molar-refractivity contribution is -0.131. The molecule has 1 aromatic rings. The van der Waals surface area contributed by atoms with Crippen LogP contribution in [-0.4, -0.2) is 34.0 Å². The van der Waals surface area contributed by atoms with Crippen molar-refractivity contribution in [2.45, 2.75) is 54.5 Å². The summed E-state index contributed by atoms with van der Waals surface area (Å²) in [6, 6.07) is 0. The van der Waals surface area contributed by atoms with Crippen molar-refractivity contribution in [3.8, 4) is 0 Å². The van der Waals surface area contributed by atoms with Gasteiger partial charge in [-0.25, -0.2) is 4.68 Å². The molecule has 0 spiro atoms.